The Morgan fingerprint density at radius 3 is 1.44 bits per heavy atom. The fourth-order valence-corrected chi connectivity index (χ4v) is 4.76. The van der Waals surface area contributed by atoms with Crippen LogP contribution < -0.4 is 20.0 Å². The SMILES string of the molecule is C=C(Cl)C(=O)Nc1c[nH]c(C(=O)N(C)c2c[nH]c(C(=O)N(C)c3c[nH]c(C(=O)N(C)c4c[nH]c(C(=O)N(C)CCCN(C)C)c4)c3)c2)c1. The topological polar surface area (TPSA) is 177 Å². The van der Waals surface area contributed by atoms with E-state index in [9.17, 15) is 24.0 Å². The maximum atomic E-state index is 13.3. The number of aromatic amines is 4. The molecule has 0 aromatic carbocycles. The lowest BCUT2D eigenvalue weighted by molar-refractivity contribution is -0.112. The number of nitrogens with one attached hydrogen (secondary N) is 5. The van der Waals surface area contributed by atoms with Crippen LogP contribution in [-0.4, -0.2) is 115 Å². The first-order valence-corrected chi connectivity index (χ1v) is 15.2. The zero-order chi connectivity index (χ0) is 35.3. The summed E-state index contributed by atoms with van der Waals surface area (Å²) >= 11 is 5.59. The molecule has 0 unspecified atom stereocenters. The number of anilines is 4. The lowest BCUT2D eigenvalue weighted by atomic mass is 10.3. The number of aromatic nitrogens is 4. The average molecular weight is 679 g/mol. The van der Waals surface area contributed by atoms with Gasteiger partial charge < -0.3 is 49.8 Å². The van der Waals surface area contributed by atoms with E-state index in [1.165, 1.54) is 52.5 Å². The van der Waals surface area contributed by atoms with Gasteiger partial charge in [0.25, 0.3) is 29.5 Å². The molecule has 4 heterocycles. The highest BCUT2D eigenvalue weighted by molar-refractivity contribution is 6.43. The maximum Gasteiger partial charge on any atom is 0.274 e. The molecule has 0 aliphatic rings. The lowest BCUT2D eigenvalue weighted by Crippen LogP contribution is -2.30. The van der Waals surface area contributed by atoms with Crippen LogP contribution in [-0.2, 0) is 4.79 Å². The number of hydrogen-bond acceptors (Lipinski definition) is 6. The number of hydrogen-bond donors (Lipinski definition) is 5. The predicted molar refractivity (Wildman–Crippen MR) is 185 cm³/mol. The van der Waals surface area contributed by atoms with Gasteiger partial charge in [0.05, 0.1) is 27.8 Å². The Labute approximate surface area is 282 Å². The molecule has 5 N–H and O–H groups in total. The second kappa shape index (κ2) is 14.9. The Morgan fingerprint density at radius 1 is 0.625 bits per heavy atom. The number of amides is 5. The van der Waals surface area contributed by atoms with Crippen molar-refractivity contribution in [1.29, 1.82) is 0 Å². The molecule has 0 spiro atoms. The first-order chi connectivity index (χ1) is 22.7. The van der Waals surface area contributed by atoms with Gasteiger partial charge in [0.15, 0.2) is 0 Å². The minimum atomic E-state index is -0.593. The Kier molecular flexibility index (Phi) is 11.0. The van der Waals surface area contributed by atoms with Gasteiger partial charge >= 0.3 is 0 Å². The van der Waals surface area contributed by atoms with Gasteiger partial charge in [0.2, 0.25) is 0 Å². The van der Waals surface area contributed by atoms with Crippen LogP contribution >= 0.6 is 11.6 Å². The Morgan fingerprint density at radius 2 is 1.02 bits per heavy atom. The van der Waals surface area contributed by atoms with E-state index < -0.39 is 17.7 Å². The second-order valence-corrected chi connectivity index (χ2v) is 11.9. The van der Waals surface area contributed by atoms with Crippen molar-refractivity contribution in [1.82, 2.24) is 29.7 Å². The normalized spacial score (nSPS) is 10.9. The van der Waals surface area contributed by atoms with Crippen LogP contribution in [0.1, 0.15) is 48.4 Å². The van der Waals surface area contributed by atoms with Crippen molar-refractivity contribution in [3.63, 3.8) is 0 Å². The van der Waals surface area contributed by atoms with Gasteiger partial charge in [-0.15, -0.1) is 0 Å². The summed E-state index contributed by atoms with van der Waals surface area (Å²) in [6.07, 6.45) is 6.92. The third-order valence-electron chi connectivity index (χ3n) is 7.63. The molecule has 0 aliphatic carbocycles. The molecule has 4 aromatic rings. The molecule has 16 heteroatoms. The van der Waals surface area contributed by atoms with Gasteiger partial charge in [-0.05, 0) is 51.3 Å². The highest BCUT2D eigenvalue weighted by Crippen LogP contribution is 2.24. The first-order valence-electron chi connectivity index (χ1n) is 14.8. The quantitative estimate of drug-likeness (QED) is 0.135. The summed E-state index contributed by atoms with van der Waals surface area (Å²) in [7, 11) is 10.4. The standard InChI is InChI=1S/C32H39ClN10O5/c1-19(33)28(44)38-20-11-24(34-15-20)30(46)41(5)22-13-26(36-17-22)32(48)43(7)23-14-27(37-18-23)31(47)42(6)21-12-25(35-16-21)29(45)40(4)10-8-9-39(2)3/h11-18,34-37H,1,8-10H2,2-7H3,(H,38,44). The average Bonchev–Trinajstić information content (AvgIpc) is 3.89. The third kappa shape index (κ3) is 8.05. The van der Waals surface area contributed by atoms with E-state index in [0.29, 0.717) is 35.0 Å². The molecule has 0 bridgehead atoms. The molecule has 4 rings (SSSR count). The summed E-state index contributed by atoms with van der Waals surface area (Å²) in [4.78, 5) is 83.6. The van der Waals surface area contributed by atoms with Gasteiger partial charge in [0.1, 0.15) is 22.8 Å². The Balaban J connectivity index is 1.37. The number of carbonyl (C=O) groups excluding carboxylic acids is 5. The Bertz CT molecular complexity index is 1830. The summed E-state index contributed by atoms with van der Waals surface area (Å²) in [6.45, 7) is 4.82. The molecule has 0 fully saturated rings. The molecule has 0 saturated heterocycles. The van der Waals surface area contributed by atoms with E-state index in [0.717, 1.165) is 13.0 Å². The summed E-state index contributed by atoms with van der Waals surface area (Å²) in [5.74, 6) is -1.98. The lowest BCUT2D eigenvalue weighted by Gasteiger charge is -2.18. The molecule has 0 aliphatic heterocycles. The molecule has 4 aromatic heterocycles. The number of rotatable bonds is 13. The van der Waals surface area contributed by atoms with Crippen LogP contribution in [0.2, 0.25) is 0 Å². The second-order valence-electron chi connectivity index (χ2n) is 11.5. The van der Waals surface area contributed by atoms with E-state index in [2.05, 4.69) is 36.7 Å². The van der Waals surface area contributed by atoms with Crippen molar-refractivity contribution in [3.05, 3.63) is 83.4 Å². The fourth-order valence-electron chi connectivity index (χ4n) is 4.71. The number of halogens is 1. The molecule has 0 atom stereocenters. The van der Waals surface area contributed by atoms with Crippen LogP contribution in [0.4, 0.5) is 22.7 Å². The van der Waals surface area contributed by atoms with Crippen molar-refractivity contribution in [2.45, 2.75) is 6.42 Å². The van der Waals surface area contributed by atoms with Crippen molar-refractivity contribution in [2.75, 3.05) is 75.4 Å². The van der Waals surface area contributed by atoms with Crippen molar-refractivity contribution in [2.24, 2.45) is 0 Å². The molecular formula is C32H39ClN10O5. The Hall–Kier alpha value is -5.54. The van der Waals surface area contributed by atoms with E-state index in [-0.39, 0.29) is 33.9 Å². The molecule has 5 amide bonds. The zero-order valence-corrected chi connectivity index (χ0v) is 28.4. The minimum Gasteiger partial charge on any atom is -0.355 e. The first kappa shape index (κ1) is 35.3. The van der Waals surface area contributed by atoms with E-state index in [4.69, 9.17) is 11.6 Å². The van der Waals surface area contributed by atoms with Crippen LogP contribution in [0, 0.1) is 0 Å². The van der Waals surface area contributed by atoms with Crippen LogP contribution in [0.25, 0.3) is 0 Å². The number of carbonyl (C=O) groups is 5. The highest BCUT2D eigenvalue weighted by atomic mass is 35.5. The van der Waals surface area contributed by atoms with Gasteiger partial charge in [-0.2, -0.15) is 0 Å². The summed E-state index contributed by atoms with van der Waals surface area (Å²) < 4.78 is 0. The van der Waals surface area contributed by atoms with E-state index in [1.54, 1.807) is 44.4 Å². The zero-order valence-electron chi connectivity index (χ0n) is 27.6. The summed E-state index contributed by atoms with van der Waals surface area (Å²) in [5.41, 5.74) is 2.69. The highest BCUT2D eigenvalue weighted by Gasteiger charge is 2.24. The van der Waals surface area contributed by atoms with Crippen molar-refractivity contribution >= 4 is 63.9 Å². The van der Waals surface area contributed by atoms with E-state index >= 15 is 0 Å². The van der Waals surface area contributed by atoms with Crippen LogP contribution in [0.3, 0.4) is 0 Å². The van der Waals surface area contributed by atoms with Crippen LogP contribution in [0.5, 0.6) is 0 Å². The minimum absolute atomic E-state index is 0.176. The van der Waals surface area contributed by atoms with Gasteiger partial charge in [-0.1, -0.05) is 18.2 Å². The van der Waals surface area contributed by atoms with Crippen molar-refractivity contribution < 1.29 is 24.0 Å². The largest absolute Gasteiger partial charge is 0.355 e. The molecule has 0 saturated carbocycles. The van der Waals surface area contributed by atoms with Gasteiger partial charge in [0, 0.05) is 59.5 Å². The molecular weight excluding hydrogens is 640 g/mol. The summed E-state index contributed by atoms with van der Waals surface area (Å²) in [5, 5.41) is 2.32. The molecule has 15 nitrogen and oxygen atoms in total. The summed E-state index contributed by atoms with van der Waals surface area (Å²) in [6, 6.07) is 6.15. The molecule has 0 radical (unpaired) electrons. The fraction of sp³-hybridized carbons (Fsp3) is 0.281. The monoisotopic (exact) mass is 678 g/mol. The van der Waals surface area contributed by atoms with Gasteiger partial charge in [-0.3, -0.25) is 24.0 Å². The molecule has 254 valence electrons. The van der Waals surface area contributed by atoms with E-state index in [1.807, 2.05) is 14.1 Å². The van der Waals surface area contributed by atoms with Crippen LogP contribution in [0.15, 0.2) is 60.7 Å². The van der Waals surface area contributed by atoms with Gasteiger partial charge in [-0.25, -0.2) is 0 Å². The molecule has 48 heavy (non-hydrogen) atoms. The van der Waals surface area contributed by atoms with Crippen molar-refractivity contribution in [3.8, 4) is 0 Å². The smallest absolute Gasteiger partial charge is 0.274 e. The maximum absolute atomic E-state index is 13.3. The number of nitrogens with zero attached hydrogens (tertiary/aromatic N) is 5. The predicted octanol–water partition coefficient (Wildman–Crippen LogP) is 3.54. The third-order valence-corrected chi connectivity index (χ3v) is 7.81. The number of H-pyrrole nitrogens is 4.